The number of likely N-dealkylation sites (N-methyl/N-ethyl adjacent to an activating group) is 1. The Kier molecular flexibility index (Phi) is 6.52. The first-order valence-electron chi connectivity index (χ1n) is 8.23. The number of methoxy groups -OCH3 is 1. The van der Waals surface area contributed by atoms with Crippen molar-refractivity contribution in [3.05, 3.63) is 29.8 Å². The number of rotatable bonds is 7. The first-order valence-corrected chi connectivity index (χ1v) is 8.23. The SMILES string of the molecule is CCOc1ccc(C(NC)C(OC)C2CCCCC2)cc1. The van der Waals surface area contributed by atoms with Crippen LogP contribution in [0.15, 0.2) is 24.3 Å². The third-order valence-corrected chi connectivity index (χ3v) is 4.58. The lowest BCUT2D eigenvalue weighted by Crippen LogP contribution is -2.37. The third-order valence-electron chi connectivity index (χ3n) is 4.58. The second-order valence-corrected chi connectivity index (χ2v) is 5.87. The number of hydrogen-bond donors (Lipinski definition) is 1. The van der Waals surface area contributed by atoms with Gasteiger partial charge in [0, 0.05) is 7.11 Å². The molecular formula is C18H29NO2. The van der Waals surface area contributed by atoms with Gasteiger partial charge in [-0.1, -0.05) is 31.4 Å². The highest BCUT2D eigenvalue weighted by atomic mass is 16.5. The van der Waals surface area contributed by atoms with Crippen LogP contribution in [-0.2, 0) is 4.74 Å². The Morgan fingerprint density at radius 2 is 1.81 bits per heavy atom. The molecule has 1 N–H and O–H groups in total. The molecular weight excluding hydrogens is 262 g/mol. The van der Waals surface area contributed by atoms with Crippen molar-refractivity contribution in [2.45, 2.75) is 51.2 Å². The summed E-state index contributed by atoms with van der Waals surface area (Å²) in [6.45, 7) is 2.71. The van der Waals surface area contributed by atoms with Crippen molar-refractivity contribution >= 4 is 0 Å². The first kappa shape index (κ1) is 16.3. The van der Waals surface area contributed by atoms with Crippen molar-refractivity contribution in [3.63, 3.8) is 0 Å². The molecule has 1 aromatic rings. The van der Waals surface area contributed by atoms with E-state index in [0.29, 0.717) is 12.5 Å². The second-order valence-electron chi connectivity index (χ2n) is 5.87. The van der Waals surface area contributed by atoms with Crippen LogP contribution in [0.2, 0.25) is 0 Å². The lowest BCUT2D eigenvalue weighted by atomic mass is 9.81. The molecule has 0 aliphatic heterocycles. The summed E-state index contributed by atoms with van der Waals surface area (Å²) < 4.78 is 11.4. The van der Waals surface area contributed by atoms with Crippen molar-refractivity contribution < 1.29 is 9.47 Å². The number of benzene rings is 1. The lowest BCUT2D eigenvalue weighted by Gasteiger charge is -2.35. The van der Waals surface area contributed by atoms with Crippen LogP contribution < -0.4 is 10.1 Å². The fourth-order valence-corrected chi connectivity index (χ4v) is 3.52. The van der Waals surface area contributed by atoms with Crippen LogP contribution in [0.1, 0.15) is 50.6 Å². The average molecular weight is 291 g/mol. The Morgan fingerprint density at radius 3 is 2.33 bits per heavy atom. The van der Waals surface area contributed by atoms with Gasteiger partial charge in [-0.05, 0) is 50.4 Å². The van der Waals surface area contributed by atoms with Crippen molar-refractivity contribution in [2.75, 3.05) is 20.8 Å². The van der Waals surface area contributed by atoms with Gasteiger partial charge in [-0.3, -0.25) is 0 Å². The molecule has 1 saturated carbocycles. The van der Waals surface area contributed by atoms with E-state index >= 15 is 0 Å². The predicted molar refractivity (Wildman–Crippen MR) is 86.8 cm³/mol. The summed E-state index contributed by atoms with van der Waals surface area (Å²) in [5, 5.41) is 3.45. The molecule has 1 aromatic carbocycles. The summed E-state index contributed by atoms with van der Waals surface area (Å²) in [5.41, 5.74) is 1.28. The van der Waals surface area contributed by atoms with Crippen molar-refractivity contribution in [2.24, 2.45) is 5.92 Å². The molecule has 3 nitrogen and oxygen atoms in total. The van der Waals surface area contributed by atoms with Crippen LogP contribution in [0.3, 0.4) is 0 Å². The van der Waals surface area contributed by atoms with Crippen LogP contribution >= 0.6 is 0 Å². The van der Waals surface area contributed by atoms with Crippen molar-refractivity contribution in [3.8, 4) is 5.75 Å². The van der Waals surface area contributed by atoms with Crippen LogP contribution in [0.4, 0.5) is 0 Å². The summed E-state index contributed by atoms with van der Waals surface area (Å²) in [6.07, 6.45) is 6.86. The second kappa shape index (κ2) is 8.40. The molecule has 118 valence electrons. The monoisotopic (exact) mass is 291 g/mol. The summed E-state index contributed by atoms with van der Waals surface area (Å²) in [5.74, 6) is 1.59. The van der Waals surface area contributed by atoms with Gasteiger partial charge in [0.15, 0.2) is 0 Å². The lowest BCUT2D eigenvalue weighted by molar-refractivity contribution is 0.00940. The van der Waals surface area contributed by atoms with E-state index < -0.39 is 0 Å². The van der Waals surface area contributed by atoms with E-state index in [-0.39, 0.29) is 12.1 Å². The van der Waals surface area contributed by atoms with Gasteiger partial charge in [0.25, 0.3) is 0 Å². The van der Waals surface area contributed by atoms with Gasteiger partial charge in [0.2, 0.25) is 0 Å². The van der Waals surface area contributed by atoms with Crippen LogP contribution in [0.25, 0.3) is 0 Å². The van der Waals surface area contributed by atoms with Gasteiger partial charge in [-0.2, -0.15) is 0 Å². The Balaban J connectivity index is 2.11. The fraction of sp³-hybridized carbons (Fsp3) is 0.667. The zero-order valence-electron chi connectivity index (χ0n) is 13.6. The van der Waals surface area contributed by atoms with Crippen LogP contribution in [0, 0.1) is 5.92 Å². The fourth-order valence-electron chi connectivity index (χ4n) is 3.52. The molecule has 3 heteroatoms. The first-order chi connectivity index (χ1) is 10.3. The highest BCUT2D eigenvalue weighted by Gasteiger charge is 2.30. The molecule has 2 atom stereocenters. The quantitative estimate of drug-likeness (QED) is 0.825. The van der Waals surface area contributed by atoms with Crippen LogP contribution in [0.5, 0.6) is 5.75 Å². The summed E-state index contributed by atoms with van der Waals surface area (Å²) in [4.78, 5) is 0. The molecule has 0 saturated heterocycles. The topological polar surface area (TPSA) is 30.5 Å². The normalized spacial score (nSPS) is 19.2. The Hall–Kier alpha value is -1.06. The minimum absolute atomic E-state index is 0.244. The Labute approximate surface area is 129 Å². The minimum Gasteiger partial charge on any atom is -0.494 e. The number of hydrogen-bond acceptors (Lipinski definition) is 3. The van der Waals surface area contributed by atoms with E-state index in [2.05, 4.69) is 29.6 Å². The molecule has 0 aromatic heterocycles. The van der Waals surface area contributed by atoms with Crippen molar-refractivity contribution in [1.82, 2.24) is 5.32 Å². The van der Waals surface area contributed by atoms with Gasteiger partial charge >= 0.3 is 0 Å². The smallest absolute Gasteiger partial charge is 0.119 e. The average Bonchev–Trinajstić information content (AvgIpc) is 2.54. The van der Waals surface area contributed by atoms with Gasteiger partial charge in [0.1, 0.15) is 5.75 Å². The molecule has 0 heterocycles. The molecule has 2 unspecified atom stereocenters. The van der Waals surface area contributed by atoms with E-state index in [0.717, 1.165) is 5.75 Å². The molecule has 1 aliphatic rings. The third kappa shape index (κ3) is 4.21. The van der Waals surface area contributed by atoms with E-state index in [1.54, 1.807) is 0 Å². The van der Waals surface area contributed by atoms with Gasteiger partial charge in [0.05, 0.1) is 18.8 Å². The molecule has 2 rings (SSSR count). The Bertz CT molecular complexity index is 398. The molecule has 1 fully saturated rings. The number of ether oxygens (including phenoxy) is 2. The maximum absolute atomic E-state index is 5.88. The van der Waals surface area contributed by atoms with E-state index in [1.165, 1.54) is 37.7 Å². The number of nitrogens with one attached hydrogen (secondary N) is 1. The molecule has 0 spiro atoms. The molecule has 1 aliphatic carbocycles. The van der Waals surface area contributed by atoms with E-state index in [4.69, 9.17) is 9.47 Å². The zero-order chi connectivity index (χ0) is 15.1. The summed E-state index contributed by atoms with van der Waals surface area (Å²) in [7, 11) is 3.87. The summed E-state index contributed by atoms with van der Waals surface area (Å²) >= 11 is 0. The largest absolute Gasteiger partial charge is 0.494 e. The standard InChI is InChI=1S/C18H29NO2/c1-4-21-16-12-10-14(11-13-16)17(19-2)18(20-3)15-8-6-5-7-9-15/h10-13,15,17-19H,4-9H2,1-3H3. The maximum Gasteiger partial charge on any atom is 0.119 e. The van der Waals surface area contributed by atoms with Crippen molar-refractivity contribution in [1.29, 1.82) is 0 Å². The zero-order valence-corrected chi connectivity index (χ0v) is 13.6. The summed E-state index contributed by atoms with van der Waals surface area (Å²) in [6, 6.07) is 8.66. The predicted octanol–water partition coefficient (Wildman–Crippen LogP) is 3.94. The van der Waals surface area contributed by atoms with E-state index in [9.17, 15) is 0 Å². The highest BCUT2D eigenvalue weighted by Crippen LogP contribution is 2.34. The molecule has 0 bridgehead atoms. The highest BCUT2D eigenvalue weighted by molar-refractivity contribution is 5.30. The van der Waals surface area contributed by atoms with Gasteiger partial charge < -0.3 is 14.8 Å². The van der Waals surface area contributed by atoms with Gasteiger partial charge in [-0.25, -0.2) is 0 Å². The minimum atomic E-state index is 0.244. The molecule has 0 amide bonds. The Morgan fingerprint density at radius 1 is 1.14 bits per heavy atom. The van der Waals surface area contributed by atoms with Crippen LogP contribution in [-0.4, -0.2) is 26.9 Å². The van der Waals surface area contributed by atoms with Gasteiger partial charge in [-0.15, -0.1) is 0 Å². The van der Waals surface area contributed by atoms with E-state index in [1.807, 2.05) is 21.1 Å². The maximum atomic E-state index is 5.88. The molecule has 0 radical (unpaired) electrons. The molecule has 21 heavy (non-hydrogen) atoms.